The minimum atomic E-state index is -1.88. The fourth-order valence-electron chi connectivity index (χ4n) is 2.94. The van der Waals surface area contributed by atoms with E-state index in [1.54, 1.807) is 0 Å². The van der Waals surface area contributed by atoms with Crippen molar-refractivity contribution in [3.63, 3.8) is 0 Å². The maximum absolute atomic E-state index is 12.2. The molecule has 0 spiro atoms. The number of phenols is 4. The van der Waals surface area contributed by atoms with Crippen molar-refractivity contribution >= 4 is 11.9 Å². The molecule has 2 aromatic rings. The first kappa shape index (κ1) is 23.1. The number of benzene rings is 2. The highest BCUT2D eigenvalue weighted by Gasteiger charge is 2.46. The van der Waals surface area contributed by atoms with Crippen LogP contribution in [0.5, 0.6) is 23.0 Å². The summed E-state index contributed by atoms with van der Waals surface area (Å²) in [6.07, 6.45) is -8.48. The average molecular weight is 452 g/mol. The van der Waals surface area contributed by atoms with Gasteiger partial charge in [0.25, 0.3) is 0 Å². The van der Waals surface area contributed by atoms with Gasteiger partial charge in [0.05, 0.1) is 11.1 Å². The summed E-state index contributed by atoms with van der Waals surface area (Å²) in [6, 6.07) is 6.62. The molecule has 1 aliphatic rings. The maximum Gasteiger partial charge on any atom is 0.338 e. The smallest absolute Gasteiger partial charge is 0.338 e. The first-order chi connectivity index (χ1) is 15.1. The molecule has 0 radical (unpaired) electrons. The second-order valence-electron chi connectivity index (χ2n) is 6.92. The number of phenolic OH excluding ortho intramolecular Hbond substituents is 4. The molecule has 172 valence electrons. The van der Waals surface area contributed by atoms with E-state index in [-0.39, 0.29) is 16.9 Å². The van der Waals surface area contributed by atoms with Gasteiger partial charge in [0.2, 0.25) is 0 Å². The predicted octanol–water partition coefficient (Wildman–Crippen LogP) is -0.670. The Morgan fingerprint density at radius 2 is 1.44 bits per heavy atom. The third kappa shape index (κ3) is 4.84. The number of carbonyl (C=O) groups excluding carboxylic acids is 2. The van der Waals surface area contributed by atoms with Gasteiger partial charge in [-0.25, -0.2) is 9.59 Å². The third-order valence-electron chi connectivity index (χ3n) is 4.69. The summed E-state index contributed by atoms with van der Waals surface area (Å²) in [5.41, 5.74) is -0.321. The van der Waals surface area contributed by atoms with E-state index in [9.17, 15) is 45.3 Å². The Hall–Kier alpha value is -3.58. The van der Waals surface area contributed by atoms with Crippen molar-refractivity contribution in [2.24, 2.45) is 0 Å². The average Bonchev–Trinajstić information content (AvgIpc) is 2.76. The maximum atomic E-state index is 12.2. The quantitative estimate of drug-likeness (QED) is 0.223. The van der Waals surface area contributed by atoms with Crippen LogP contribution in [0.25, 0.3) is 0 Å². The minimum Gasteiger partial charge on any atom is -0.508 e. The monoisotopic (exact) mass is 452 g/mol. The fraction of sp³-hybridized carbons (Fsp3) is 0.300. The molecular formula is C20H20O12. The SMILES string of the molecule is O=C(OC[C@H]1OC(O)[C@H](OC(=O)c2ccc(O)cc2)[C@H](O)C1O)c1cc(O)c(O)c(O)c1. The second kappa shape index (κ2) is 9.28. The molecule has 1 saturated heterocycles. The lowest BCUT2D eigenvalue weighted by Crippen LogP contribution is -2.60. The van der Waals surface area contributed by atoms with Gasteiger partial charge < -0.3 is 50.0 Å². The molecule has 0 bridgehead atoms. The molecule has 2 unspecified atom stereocenters. The zero-order chi connectivity index (χ0) is 23.6. The van der Waals surface area contributed by atoms with E-state index in [4.69, 9.17) is 14.2 Å². The highest BCUT2D eigenvalue weighted by Crippen LogP contribution is 2.35. The van der Waals surface area contributed by atoms with Crippen LogP contribution in [-0.2, 0) is 14.2 Å². The Kier molecular flexibility index (Phi) is 6.69. The van der Waals surface area contributed by atoms with E-state index in [0.717, 1.165) is 12.1 Å². The number of rotatable bonds is 5. The lowest BCUT2D eigenvalue weighted by atomic mass is 9.99. The van der Waals surface area contributed by atoms with Crippen molar-refractivity contribution in [2.45, 2.75) is 30.7 Å². The topological polar surface area (TPSA) is 203 Å². The van der Waals surface area contributed by atoms with Crippen LogP contribution in [0, 0.1) is 0 Å². The van der Waals surface area contributed by atoms with Crippen LogP contribution in [0.1, 0.15) is 20.7 Å². The van der Waals surface area contributed by atoms with Crippen LogP contribution in [0.2, 0.25) is 0 Å². The molecule has 2 aromatic carbocycles. The highest BCUT2D eigenvalue weighted by molar-refractivity contribution is 5.91. The van der Waals surface area contributed by atoms with Gasteiger partial charge >= 0.3 is 11.9 Å². The first-order valence-corrected chi connectivity index (χ1v) is 9.20. The molecule has 7 N–H and O–H groups in total. The summed E-state index contributed by atoms with van der Waals surface area (Å²) in [5, 5.41) is 68.1. The molecule has 12 heteroatoms. The Bertz CT molecular complexity index is 966. The van der Waals surface area contributed by atoms with E-state index in [2.05, 4.69) is 0 Å². The standard InChI is InChI=1S/C20H20O12/c21-10-3-1-8(2-4-10)19(28)32-17-16(26)15(25)13(31-20(17)29)7-30-18(27)9-5-11(22)14(24)12(23)6-9/h1-6,13,15-17,20-26,29H,7H2/t13-,15?,16-,17-,20?/m1/s1. The highest BCUT2D eigenvalue weighted by atomic mass is 16.7. The van der Waals surface area contributed by atoms with E-state index >= 15 is 0 Å². The summed E-state index contributed by atoms with van der Waals surface area (Å²) in [7, 11) is 0. The van der Waals surface area contributed by atoms with E-state index in [0.29, 0.717) is 0 Å². The van der Waals surface area contributed by atoms with Gasteiger partial charge in [-0.2, -0.15) is 0 Å². The van der Waals surface area contributed by atoms with Crippen molar-refractivity contribution < 1.29 is 59.5 Å². The van der Waals surface area contributed by atoms with Gasteiger partial charge in [-0.3, -0.25) is 0 Å². The minimum absolute atomic E-state index is 0.00754. The van der Waals surface area contributed by atoms with Crippen LogP contribution in [0.15, 0.2) is 36.4 Å². The summed E-state index contributed by atoms with van der Waals surface area (Å²) in [6.45, 7) is -0.658. The molecule has 1 fully saturated rings. The molecule has 5 atom stereocenters. The Labute approximate surface area is 180 Å². The zero-order valence-electron chi connectivity index (χ0n) is 16.2. The number of esters is 2. The first-order valence-electron chi connectivity index (χ1n) is 9.20. The largest absolute Gasteiger partial charge is 0.508 e. The Morgan fingerprint density at radius 1 is 0.844 bits per heavy atom. The summed E-state index contributed by atoms with van der Waals surface area (Å²) < 4.78 is 15.0. The van der Waals surface area contributed by atoms with E-state index < -0.39 is 66.5 Å². The van der Waals surface area contributed by atoms with Crippen LogP contribution in [-0.4, -0.2) is 85.0 Å². The number of carbonyl (C=O) groups is 2. The Morgan fingerprint density at radius 3 is 2.03 bits per heavy atom. The molecular weight excluding hydrogens is 432 g/mol. The molecule has 3 rings (SSSR count). The van der Waals surface area contributed by atoms with Crippen LogP contribution < -0.4 is 0 Å². The van der Waals surface area contributed by atoms with E-state index in [1.165, 1.54) is 24.3 Å². The zero-order valence-corrected chi connectivity index (χ0v) is 16.2. The van der Waals surface area contributed by atoms with Crippen molar-refractivity contribution in [1.82, 2.24) is 0 Å². The van der Waals surface area contributed by atoms with Gasteiger partial charge in [-0.05, 0) is 36.4 Å². The molecule has 0 amide bonds. The predicted molar refractivity (Wildman–Crippen MR) is 102 cm³/mol. The van der Waals surface area contributed by atoms with Crippen molar-refractivity contribution in [1.29, 1.82) is 0 Å². The molecule has 1 aliphatic heterocycles. The van der Waals surface area contributed by atoms with Crippen molar-refractivity contribution in [3.05, 3.63) is 47.5 Å². The molecule has 12 nitrogen and oxygen atoms in total. The van der Waals surface area contributed by atoms with Gasteiger partial charge in [-0.15, -0.1) is 0 Å². The number of hydrogen-bond donors (Lipinski definition) is 7. The van der Waals surface area contributed by atoms with Crippen LogP contribution in [0.3, 0.4) is 0 Å². The van der Waals surface area contributed by atoms with Gasteiger partial charge in [0, 0.05) is 0 Å². The number of hydrogen-bond acceptors (Lipinski definition) is 12. The molecule has 0 aromatic heterocycles. The Balaban J connectivity index is 1.61. The molecule has 32 heavy (non-hydrogen) atoms. The number of aliphatic hydroxyl groups excluding tert-OH is 3. The molecule has 0 saturated carbocycles. The lowest BCUT2D eigenvalue weighted by Gasteiger charge is -2.39. The van der Waals surface area contributed by atoms with Gasteiger partial charge in [0.15, 0.2) is 29.6 Å². The lowest BCUT2D eigenvalue weighted by molar-refractivity contribution is -0.285. The normalized spacial score (nSPS) is 25.2. The van der Waals surface area contributed by atoms with Crippen LogP contribution >= 0.6 is 0 Å². The van der Waals surface area contributed by atoms with Crippen molar-refractivity contribution in [2.75, 3.05) is 6.61 Å². The third-order valence-corrected chi connectivity index (χ3v) is 4.69. The second-order valence-corrected chi connectivity index (χ2v) is 6.92. The van der Waals surface area contributed by atoms with Gasteiger partial charge in [0.1, 0.15) is 30.7 Å². The van der Waals surface area contributed by atoms with Gasteiger partial charge in [-0.1, -0.05) is 0 Å². The van der Waals surface area contributed by atoms with E-state index in [1.807, 2.05) is 0 Å². The van der Waals surface area contributed by atoms with Crippen molar-refractivity contribution in [3.8, 4) is 23.0 Å². The number of aromatic hydroxyl groups is 4. The number of aliphatic hydroxyl groups is 3. The molecule has 0 aliphatic carbocycles. The summed E-state index contributed by atoms with van der Waals surface area (Å²) in [5.74, 6) is -4.48. The summed E-state index contributed by atoms with van der Waals surface area (Å²) in [4.78, 5) is 24.3. The summed E-state index contributed by atoms with van der Waals surface area (Å²) >= 11 is 0. The fourth-order valence-corrected chi connectivity index (χ4v) is 2.94. The molecule has 1 heterocycles. The number of ether oxygens (including phenoxy) is 3. The van der Waals surface area contributed by atoms with Crippen LogP contribution in [0.4, 0.5) is 0 Å².